The minimum absolute atomic E-state index is 0.221. The van der Waals surface area contributed by atoms with E-state index in [0.717, 1.165) is 34.7 Å². The Labute approximate surface area is 274 Å². The lowest BCUT2D eigenvalue weighted by atomic mass is 9.26. The van der Waals surface area contributed by atoms with E-state index in [2.05, 4.69) is 92.9 Å². The lowest BCUT2D eigenvalue weighted by molar-refractivity contribution is 0.356. The van der Waals surface area contributed by atoms with E-state index in [9.17, 15) is 0 Å². The number of methoxy groups -OCH3 is 1. The molecule has 6 rings (SSSR count). The average molecular weight is 607 g/mol. The number of aryl methyl sites for hydroxylation is 1. The fourth-order valence-corrected chi connectivity index (χ4v) is 9.55. The van der Waals surface area contributed by atoms with Crippen molar-refractivity contribution in [3.8, 4) is 5.75 Å². The van der Waals surface area contributed by atoms with Gasteiger partial charge in [-0.25, -0.2) is 9.98 Å². The van der Waals surface area contributed by atoms with Gasteiger partial charge in [0, 0.05) is 12.1 Å². The third-order valence-corrected chi connectivity index (χ3v) is 11.5. The summed E-state index contributed by atoms with van der Waals surface area (Å²) < 4.78 is 5.53. The molecule has 0 amide bonds. The summed E-state index contributed by atoms with van der Waals surface area (Å²) >= 11 is 0. The molecule has 7 heteroatoms. The van der Waals surface area contributed by atoms with Gasteiger partial charge < -0.3 is 14.4 Å². The van der Waals surface area contributed by atoms with E-state index < -0.39 is 0 Å². The van der Waals surface area contributed by atoms with Crippen LogP contribution in [0.15, 0.2) is 58.5 Å². The molecule has 4 heterocycles. The summed E-state index contributed by atoms with van der Waals surface area (Å²) in [5, 5.41) is 0. The molecule has 2 aromatic rings. The topological polar surface area (TPSA) is 40.4 Å². The number of hydrogen-bond acceptors (Lipinski definition) is 3. The van der Waals surface area contributed by atoms with Crippen LogP contribution in [0.3, 0.4) is 0 Å². The van der Waals surface area contributed by atoms with Gasteiger partial charge in [-0.1, -0.05) is 106 Å². The number of aliphatic imine (C=N–C) groups is 2. The fraction of sp³-hybridized carbons (Fsp3) is 0.632. The Bertz CT molecular complexity index is 1280. The summed E-state index contributed by atoms with van der Waals surface area (Å²) in [6, 6.07) is 17.8. The van der Waals surface area contributed by atoms with Gasteiger partial charge in [0.2, 0.25) is 6.71 Å². The van der Waals surface area contributed by atoms with Gasteiger partial charge in [-0.3, -0.25) is 0 Å². The Hall–Kier alpha value is -2.69. The molecule has 4 fully saturated rings. The highest BCUT2D eigenvalue weighted by Crippen LogP contribution is 2.50. The van der Waals surface area contributed by atoms with Gasteiger partial charge >= 0.3 is 0 Å². The summed E-state index contributed by atoms with van der Waals surface area (Å²) in [5.41, 5.74) is 4.58. The van der Waals surface area contributed by atoms with Crippen molar-refractivity contribution in [1.29, 1.82) is 0 Å². The summed E-state index contributed by atoms with van der Waals surface area (Å²) in [6.45, 7) is 12.7. The maximum absolute atomic E-state index is 5.69. The fourth-order valence-electron chi connectivity index (χ4n) is 9.55. The molecule has 45 heavy (non-hydrogen) atoms. The first kappa shape index (κ1) is 32.3. The molecule has 0 N–H and O–H groups in total. The predicted molar refractivity (Wildman–Crippen MR) is 194 cm³/mol. The maximum atomic E-state index is 5.69. The standard InChI is InChI=1S/C38H56B2N4O/c1-27(2)43(37(41-34-23-25-36(45-6)26-24-34)39-30-11-7-12-31(39)14-8-13-30)38(42-35-21-19-29(5)20-22-35)44(28(3)4)40-32-15-9-16-33(40)18-10-17-32/h19-28,30-33H,7-18H2,1-6H3. The highest BCUT2D eigenvalue weighted by molar-refractivity contribution is 6.93. The summed E-state index contributed by atoms with van der Waals surface area (Å²) in [4.78, 5) is 16.8. The Morgan fingerprint density at radius 2 is 1.13 bits per heavy atom. The number of hydrogen-bond donors (Lipinski definition) is 0. The largest absolute Gasteiger partial charge is 0.497 e. The smallest absolute Gasteiger partial charge is 0.264 e. The molecule has 4 bridgehead atoms. The molecule has 0 radical (unpaired) electrons. The molecule has 4 aliphatic heterocycles. The molecule has 0 atom stereocenters. The number of amidine groups is 1. The first-order chi connectivity index (χ1) is 21.8. The molecular weight excluding hydrogens is 550 g/mol. The van der Waals surface area contributed by atoms with Crippen molar-refractivity contribution in [1.82, 2.24) is 9.71 Å². The molecule has 0 saturated carbocycles. The van der Waals surface area contributed by atoms with Gasteiger partial charge in [0.05, 0.1) is 24.2 Å². The lowest BCUT2D eigenvalue weighted by Gasteiger charge is -2.52. The van der Waals surface area contributed by atoms with Crippen LogP contribution in [0.2, 0.25) is 23.3 Å². The van der Waals surface area contributed by atoms with Gasteiger partial charge in [0.1, 0.15) is 5.75 Å². The molecule has 2 aromatic carbocycles. The normalized spacial score (nSPS) is 25.5. The monoisotopic (exact) mass is 606 g/mol. The van der Waals surface area contributed by atoms with Crippen LogP contribution in [0.25, 0.3) is 0 Å². The van der Waals surface area contributed by atoms with Gasteiger partial charge in [0.25, 0.3) is 6.85 Å². The number of benzene rings is 2. The van der Waals surface area contributed by atoms with E-state index in [0.29, 0.717) is 31.2 Å². The minimum atomic E-state index is 0.221. The van der Waals surface area contributed by atoms with E-state index in [4.69, 9.17) is 14.7 Å². The zero-order chi connectivity index (χ0) is 31.5. The minimum Gasteiger partial charge on any atom is -0.497 e. The summed E-state index contributed by atoms with van der Waals surface area (Å²) in [7, 11) is 1.74. The quantitative estimate of drug-likeness (QED) is 0.179. The number of nitrogens with zero attached hydrogens (tertiary/aromatic N) is 4. The lowest BCUT2D eigenvalue weighted by Crippen LogP contribution is -2.63. The van der Waals surface area contributed by atoms with E-state index in [-0.39, 0.29) is 6.04 Å². The molecule has 4 aliphatic rings. The Morgan fingerprint density at radius 1 is 0.667 bits per heavy atom. The summed E-state index contributed by atoms with van der Waals surface area (Å²) in [6.07, 6.45) is 16.2. The third-order valence-electron chi connectivity index (χ3n) is 11.5. The van der Waals surface area contributed by atoms with Gasteiger partial charge in [0.15, 0.2) is 5.96 Å². The van der Waals surface area contributed by atoms with Crippen LogP contribution in [0.4, 0.5) is 11.4 Å². The van der Waals surface area contributed by atoms with E-state index >= 15 is 0 Å². The molecule has 4 saturated heterocycles. The average Bonchev–Trinajstić information content (AvgIpc) is 3.01. The highest BCUT2D eigenvalue weighted by Gasteiger charge is 2.50. The van der Waals surface area contributed by atoms with Crippen LogP contribution in [-0.4, -0.2) is 54.2 Å². The van der Waals surface area contributed by atoms with Crippen LogP contribution < -0.4 is 4.74 Å². The molecule has 0 spiro atoms. The molecule has 0 aromatic heterocycles. The maximum Gasteiger partial charge on any atom is 0.264 e. The molecule has 0 unspecified atom stereocenters. The Balaban J connectivity index is 1.54. The second-order valence-electron chi connectivity index (χ2n) is 15.2. The van der Waals surface area contributed by atoms with Crippen molar-refractivity contribution in [3.05, 3.63) is 54.1 Å². The van der Waals surface area contributed by atoms with E-state index in [1.807, 2.05) is 0 Å². The molecule has 5 nitrogen and oxygen atoms in total. The molecule has 0 aliphatic carbocycles. The van der Waals surface area contributed by atoms with Crippen LogP contribution in [0.5, 0.6) is 5.75 Å². The second kappa shape index (κ2) is 14.4. The zero-order valence-corrected chi connectivity index (χ0v) is 28.9. The van der Waals surface area contributed by atoms with Crippen molar-refractivity contribution in [3.63, 3.8) is 0 Å². The van der Waals surface area contributed by atoms with Crippen molar-refractivity contribution in [2.75, 3.05) is 7.11 Å². The molecule has 240 valence electrons. The van der Waals surface area contributed by atoms with Crippen LogP contribution in [0.1, 0.15) is 110 Å². The number of guanidine groups is 1. The van der Waals surface area contributed by atoms with Crippen molar-refractivity contribution in [2.45, 2.75) is 147 Å². The van der Waals surface area contributed by atoms with Crippen molar-refractivity contribution >= 4 is 36.6 Å². The van der Waals surface area contributed by atoms with Gasteiger partial charge in [-0.15, -0.1) is 0 Å². The number of fused-ring (bicyclic) bond motifs is 4. The Kier molecular flexibility index (Phi) is 10.3. The Morgan fingerprint density at radius 3 is 1.60 bits per heavy atom. The summed E-state index contributed by atoms with van der Waals surface area (Å²) in [5.74, 6) is 4.88. The van der Waals surface area contributed by atoms with Crippen LogP contribution in [0, 0.1) is 6.92 Å². The second-order valence-corrected chi connectivity index (χ2v) is 15.2. The zero-order valence-electron chi connectivity index (χ0n) is 28.9. The first-order valence-electron chi connectivity index (χ1n) is 18.3. The van der Waals surface area contributed by atoms with Crippen LogP contribution >= 0.6 is 0 Å². The first-order valence-corrected chi connectivity index (χ1v) is 18.3. The van der Waals surface area contributed by atoms with E-state index in [1.165, 1.54) is 88.3 Å². The predicted octanol–water partition coefficient (Wildman–Crippen LogP) is 10.4. The third kappa shape index (κ3) is 7.03. The van der Waals surface area contributed by atoms with Gasteiger partial charge in [-0.05, 0) is 82.7 Å². The van der Waals surface area contributed by atoms with Gasteiger partial charge in [-0.2, -0.15) is 0 Å². The van der Waals surface area contributed by atoms with Crippen molar-refractivity contribution < 1.29 is 4.74 Å². The SMILES string of the molecule is COc1ccc(N=C(B2C3CCCC2CCC3)N(C(=Nc2ccc(C)cc2)N(B2C3CCCC2CCC3)C(C)C)C(C)C)cc1. The number of rotatable bonds is 7. The molecular formula is C38H56B2N4O. The van der Waals surface area contributed by atoms with Crippen LogP contribution in [-0.2, 0) is 0 Å². The van der Waals surface area contributed by atoms with E-state index in [1.54, 1.807) is 7.11 Å². The van der Waals surface area contributed by atoms with Crippen molar-refractivity contribution in [2.24, 2.45) is 9.98 Å². The number of ether oxygens (including phenoxy) is 1. The highest BCUT2D eigenvalue weighted by atomic mass is 16.5.